The molecule has 2 aromatic rings. The molecule has 1 fully saturated rings. The maximum Gasteiger partial charge on any atom is 0.169 e. The second-order valence-electron chi connectivity index (χ2n) is 6.42. The first kappa shape index (κ1) is 18.2. The van der Waals surface area contributed by atoms with Gasteiger partial charge in [-0.15, -0.1) is 11.8 Å². The van der Waals surface area contributed by atoms with Gasteiger partial charge >= 0.3 is 0 Å². The van der Waals surface area contributed by atoms with Gasteiger partial charge in [0.15, 0.2) is 5.11 Å². The molecule has 25 heavy (non-hydrogen) atoms. The molecule has 0 amide bonds. The molecule has 0 aliphatic carbocycles. The fraction of sp³-hybridized carbons (Fsp3) is 0.350. The quantitative estimate of drug-likeness (QED) is 0.476. The van der Waals surface area contributed by atoms with Gasteiger partial charge in [-0.1, -0.05) is 48.5 Å². The fourth-order valence-corrected chi connectivity index (χ4v) is 4.28. The lowest BCUT2D eigenvalue weighted by Crippen LogP contribution is -3.12. The topological polar surface area (TPSA) is 19.7 Å². The van der Waals surface area contributed by atoms with Crippen molar-refractivity contribution in [3.05, 3.63) is 66.2 Å². The van der Waals surface area contributed by atoms with Crippen LogP contribution < -0.4 is 10.2 Å². The fourth-order valence-electron chi connectivity index (χ4n) is 3.17. The van der Waals surface area contributed by atoms with Gasteiger partial charge < -0.3 is 15.1 Å². The first-order chi connectivity index (χ1) is 12.2. The van der Waals surface area contributed by atoms with Gasteiger partial charge in [0.05, 0.1) is 20.1 Å². The first-order valence-corrected chi connectivity index (χ1v) is 10.2. The molecule has 3 nitrogen and oxygen atoms in total. The highest BCUT2D eigenvalue weighted by Crippen LogP contribution is 2.21. The summed E-state index contributed by atoms with van der Waals surface area (Å²) in [6, 6.07) is 21.6. The molecule has 2 aromatic carbocycles. The standard InChI is InChI=1S/C20H25N3S2/c1-22-13-14-23(19(16-22)17-8-4-2-5-9-17)20(24)21-12-15-25-18-10-6-3-7-11-18/h2-11,19H,12-16H2,1H3,(H,21,24)/p+1/t19-/m1/s1. The van der Waals surface area contributed by atoms with Gasteiger partial charge in [-0.2, -0.15) is 0 Å². The van der Waals surface area contributed by atoms with Crippen molar-refractivity contribution in [2.24, 2.45) is 0 Å². The van der Waals surface area contributed by atoms with Crippen LogP contribution in [-0.4, -0.2) is 49.0 Å². The van der Waals surface area contributed by atoms with Gasteiger partial charge in [0, 0.05) is 17.2 Å². The van der Waals surface area contributed by atoms with Crippen molar-refractivity contribution in [3.63, 3.8) is 0 Å². The Balaban J connectivity index is 1.54. The lowest BCUT2D eigenvalue weighted by molar-refractivity contribution is -0.887. The van der Waals surface area contributed by atoms with Crippen molar-refractivity contribution >= 4 is 29.1 Å². The second-order valence-corrected chi connectivity index (χ2v) is 7.98. The predicted molar refractivity (Wildman–Crippen MR) is 110 cm³/mol. The van der Waals surface area contributed by atoms with E-state index in [2.05, 4.69) is 77.9 Å². The molecule has 0 saturated carbocycles. The van der Waals surface area contributed by atoms with E-state index in [1.165, 1.54) is 10.5 Å². The number of nitrogens with zero attached hydrogens (tertiary/aromatic N) is 1. The van der Waals surface area contributed by atoms with Gasteiger partial charge in [0.2, 0.25) is 0 Å². The third-order valence-corrected chi connectivity index (χ3v) is 5.93. The Hall–Kier alpha value is -1.56. The molecule has 5 heteroatoms. The summed E-state index contributed by atoms with van der Waals surface area (Å²) in [4.78, 5) is 5.23. The average Bonchev–Trinajstić information content (AvgIpc) is 2.66. The van der Waals surface area contributed by atoms with E-state index in [0.29, 0.717) is 6.04 Å². The normalized spacial score (nSPS) is 20.3. The summed E-state index contributed by atoms with van der Waals surface area (Å²) in [5.74, 6) is 1.01. The van der Waals surface area contributed by atoms with E-state index < -0.39 is 0 Å². The van der Waals surface area contributed by atoms with Gasteiger partial charge in [0.25, 0.3) is 0 Å². The van der Waals surface area contributed by atoms with Gasteiger partial charge in [-0.25, -0.2) is 0 Å². The smallest absolute Gasteiger partial charge is 0.169 e. The van der Waals surface area contributed by atoms with Gasteiger partial charge in [0.1, 0.15) is 12.6 Å². The monoisotopic (exact) mass is 372 g/mol. The molecule has 1 unspecified atom stereocenters. The lowest BCUT2D eigenvalue weighted by atomic mass is 10.0. The summed E-state index contributed by atoms with van der Waals surface area (Å²) in [6.07, 6.45) is 0. The minimum atomic E-state index is 0.358. The Labute approximate surface area is 160 Å². The molecule has 0 aromatic heterocycles. The molecule has 132 valence electrons. The summed E-state index contributed by atoms with van der Waals surface area (Å²) < 4.78 is 0. The lowest BCUT2D eigenvalue weighted by Gasteiger charge is -2.39. The zero-order valence-corrected chi connectivity index (χ0v) is 16.3. The maximum absolute atomic E-state index is 5.72. The van der Waals surface area contributed by atoms with E-state index in [1.807, 2.05) is 11.8 Å². The molecule has 1 heterocycles. The molecule has 1 aliphatic rings. The highest BCUT2D eigenvalue weighted by Gasteiger charge is 2.30. The van der Waals surface area contributed by atoms with Crippen molar-refractivity contribution in [1.29, 1.82) is 0 Å². The number of rotatable bonds is 5. The van der Waals surface area contributed by atoms with Crippen LogP contribution in [0, 0.1) is 0 Å². The number of hydrogen-bond donors (Lipinski definition) is 2. The minimum absolute atomic E-state index is 0.358. The molecule has 1 saturated heterocycles. The van der Waals surface area contributed by atoms with Crippen LogP contribution in [0.1, 0.15) is 11.6 Å². The molecule has 2 atom stereocenters. The van der Waals surface area contributed by atoms with Crippen LogP contribution in [0.5, 0.6) is 0 Å². The van der Waals surface area contributed by atoms with Crippen LogP contribution in [0.3, 0.4) is 0 Å². The van der Waals surface area contributed by atoms with E-state index in [4.69, 9.17) is 12.2 Å². The van der Waals surface area contributed by atoms with Crippen LogP contribution in [0.2, 0.25) is 0 Å². The number of nitrogens with one attached hydrogen (secondary N) is 2. The number of quaternary nitrogens is 1. The summed E-state index contributed by atoms with van der Waals surface area (Å²) >= 11 is 7.58. The van der Waals surface area contributed by atoms with Gasteiger partial charge in [-0.3, -0.25) is 0 Å². The predicted octanol–water partition coefficient (Wildman–Crippen LogP) is 2.22. The van der Waals surface area contributed by atoms with E-state index in [0.717, 1.165) is 37.0 Å². The Morgan fingerprint density at radius 3 is 2.56 bits per heavy atom. The number of thioether (sulfide) groups is 1. The minimum Gasteiger partial charge on any atom is -0.362 e. The van der Waals surface area contributed by atoms with Crippen molar-refractivity contribution in [2.75, 3.05) is 39.0 Å². The highest BCUT2D eigenvalue weighted by atomic mass is 32.2. The van der Waals surface area contributed by atoms with Gasteiger partial charge in [-0.05, 0) is 29.9 Å². The van der Waals surface area contributed by atoms with E-state index >= 15 is 0 Å². The largest absolute Gasteiger partial charge is 0.362 e. The molecule has 0 spiro atoms. The maximum atomic E-state index is 5.72. The summed E-state index contributed by atoms with van der Waals surface area (Å²) in [7, 11) is 2.26. The van der Waals surface area contributed by atoms with Crippen LogP contribution in [0.15, 0.2) is 65.6 Å². The Bertz CT molecular complexity index is 663. The molecule has 0 bridgehead atoms. The SMILES string of the molecule is C[NH+]1CCN(C(=S)NCCSc2ccccc2)[C@@H](c2ccccc2)C1. The van der Waals surface area contributed by atoms with Crippen LogP contribution in [0.25, 0.3) is 0 Å². The highest BCUT2D eigenvalue weighted by molar-refractivity contribution is 7.99. The molecule has 1 aliphatic heterocycles. The summed E-state index contributed by atoms with van der Waals surface area (Å²) in [5.41, 5.74) is 1.35. The number of benzene rings is 2. The average molecular weight is 373 g/mol. The van der Waals surface area contributed by atoms with Crippen molar-refractivity contribution < 1.29 is 4.90 Å². The van der Waals surface area contributed by atoms with Crippen molar-refractivity contribution in [1.82, 2.24) is 10.2 Å². The first-order valence-electron chi connectivity index (χ1n) is 8.82. The summed E-state index contributed by atoms with van der Waals surface area (Å²) in [5, 5.41) is 4.35. The third kappa shape index (κ3) is 5.21. The molecular formula is C20H26N3S2+. The molecular weight excluding hydrogens is 346 g/mol. The third-order valence-electron chi connectivity index (χ3n) is 4.53. The van der Waals surface area contributed by atoms with Crippen molar-refractivity contribution in [2.45, 2.75) is 10.9 Å². The number of piperazine rings is 1. The Morgan fingerprint density at radius 1 is 1.16 bits per heavy atom. The second kappa shape index (κ2) is 9.22. The Kier molecular flexibility index (Phi) is 6.73. The zero-order valence-electron chi connectivity index (χ0n) is 14.7. The van der Waals surface area contributed by atoms with E-state index in [1.54, 1.807) is 4.90 Å². The molecule has 3 rings (SSSR count). The number of hydrogen-bond acceptors (Lipinski definition) is 2. The zero-order chi connectivity index (χ0) is 17.5. The number of likely N-dealkylation sites (N-methyl/N-ethyl adjacent to an activating group) is 1. The molecule has 2 N–H and O–H groups in total. The van der Waals surface area contributed by atoms with E-state index in [-0.39, 0.29) is 0 Å². The summed E-state index contributed by atoms with van der Waals surface area (Å²) in [6.45, 7) is 4.11. The number of thiocarbonyl (C=S) groups is 1. The van der Waals surface area contributed by atoms with Crippen LogP contribution in [0.4, 0.5) is 0 Å². The van der Waals surface area contributed by atoms with Crippen LogP contribution >= 0.6 is 24.0 Å². The molecule has 0 radical (unpaired) electrons. The van der Waals surface area contributed by atoms with Crippen LogP contribution in [-0.2, 0) is 0 Å². The van der Waals surface area contributed by atoms with Crippen molar-refractivity contribution in [3.8, 4) is 0 Å². The van der Waals surface area contributed by atoms with E-state index in [9.17, 15) is 0 Å². The Morgan fingerprint density at radius 2 is 1.84 bits per heavy atom.